The number of rotatable bonds is 3. The van der Waals surface area contributed by atoms with Gasteiger partial charge in [0.05, 0.1) is 18.7 Å². The standard InChI is InChI=1S/C19H20FN3O2/c1-11(12-6-8-13(20)9-7-12)21-19(24)18-15-10-25-16-5-3-2-4-14(16)17(15)22-23-18/h2-9,11,15,17-18,22-23H,10H2,1H3,(H,21,24). The van der Waals surface area contributed by atoms with Crippen LogP contribution in [0.4, 0.5) is 4.39 Å². The predicted octanol–water partition coefficient (Wildman–Crippen LogP) is 2.23. The molecule has 130 valence electrons. The van der Waals surface area contributed by atoms with Crippen LogP contribution in [0.1, 0.15) is 30.1 Å². The maximum absolute atomic E-state index is 13.0. The number of amides is 1. The van der Waals surface area contributed by atoms with Gasteiger partial charge >= 0.3 is 0 Å². The Balaban J connectivity index is 1.46. The highest BCUT2D eigenvalue weighted by Crippen LogP contribution is 2.38. The summed E-state index contributed by atoms with van der Waals surface area (Å²) in [4.78, 5) is 12.7. The van der Waals surface area contributed by atoms with Gasteiger partial charge in [-0.1, -0.05) is 30.3 Å². The quantitative estimate of drug-likeness (QED) is 0.801. The second-order valence-electron chi connectivity index (χ2n) is 6.54. The number of hydrazine groups is 1. The van der Waals surface area contributed by atoms with Gasteiger partial charge in [-0.25, -0.2) is 15.2 Å². The molecule has 2 heterocycles. The van der Waals surface area contributed by atoms with E-state index in [9.17, 15) is 9.18 Å². The summed E-state index contributed by atoms with van der Waals surface area (Å²) in [6, 6.07) is 13.5. The van der Waals surface area contributed by atoms with E-state index in [2.05, 4.69) is 16.2 Å². The molecule has 1 amide bonds. The molecular weight excluding hydrogens is 321 g/mol. The molecule has 25 heavy (non-hydrogen) atoms. The van der Waals surface area contributed by atoms with Crippen molar-refractivity contribution in [1.29, 1.82) is 0 Å². The molecule has 0 spiro atoms. The van der Waals surface area contributed by atoms with Crippen LogP contribution in [-0.2, 0) is 4.79 Å². The van der Waals surface area contributed by atoms with E-state index in [-0.39, 0.29) is 35.8 Å². The Hall–Kier alpha value is -2.44. The molecule has 6 heteroatoms. The minimum Gasteiger partial charge on any atom is -0.493 e. The van der Waals surface area contributed by atoms with Crippen LogP contribution in [0.2, 0.25) is 0 Å². The van der Waals surface area contributed by atoms with Crippen LogP contribution in [-0.4, -0.2) is 18.6 Å². The van der Waals surface area contributed by atoms with E-state index in [1.165, 1.54) is 12.1 Å². The molecule has 2 aromatic rings. The van der Waals surface area contributed by atoms with Gasteiger partial charge in [-0.15, -0.1) is 0 Å². The first-order valence-electron chi connectivity index (χ1n) is 8.42. The first-order chi connectivity index (χ1) is 12.1. The van der Waals surface area contributed by atoms with Crippen LogP contribution < -0.4 is 20.9 Å². The van der Waals surface area contributed by atoms with Gasteiger partial charge in [0.2, 0.25) is 5.91 Å². The van der Waals surface area contributed by atoms with Crippen LogP contribution in [0.5, 0.6) is 5.75 Å². The first kappa shape index (κ1) is 16.1. The lowest BCUT2D eigenvalue weighted by Crippen LogP contribution is -2.47. The zero-order chi connectivity index (χ0) is 17.4. The van der Waals surface area contributed by atoms with Crippen molar-refractivity contribution in [2.45, 2.75) is 25.0 Å². The van der Waals surface area contributed by atoms with Gasteiger partial charge in [0.25, 0.3) is 0 Å². The molecule has 1 fully saturated rings. The number of carbonyl (C=O) groups is 1. The summed E-state index contributed by atoms with van der Waals surface area (Å²) in [6.07, 6.45) is 0. The lowest BCUT2D eigenvalue weighted by atomic mass is 9.87. The van der Waals surface area contributed by atoms with E-state index >= 15 is 0 Å². The van der Waals surface area contributed by atoms with Gasteiger partial charge in [0, 0.05) is 11.5 Å². The third-order valence-corrected chi connectivity index (χ3v) is 4.95. The number of benzene rings is 2. The van der Waals surface area contributed by atoms with Gasteiger partial charge in [0.15, 0.2) is 0 Å². The van der Waals surface area contributed by atoms with Crippen LogP contribution in [0.25, 0.3) is 0 Å². The summed E-state index contributed by atoms with van der Waals surface area (Å²) < 4.78 is 18.9. The van der Waals surface area contributed by atoms with Crippen LogP contribution in [0.15, 0.2) is 48.5 Å². The van der Waals surface area contributed by atoms with E-state index in [0.717, 1.165) is 16.9 Å². The second kappa shape index (κ2) is 6.46. The molecule has 0 bridgehead atoms. The zero-order valence-electron chi connectivity index (χ0n) is 13.8. The number of nitrogens with one attached hydrogen (secondary N) is 3. The molecule has 4 unspecified atom stereocenters. The normalized spacial score (nSPS) is 25.4. The average Bonchev–Trinajstić information content (AvgIpc) is 3.07. The van der Waals surface area contributed by atoms with Crippen molar-refractivity contribution in [3.05, 3.63) is 65.5 Å². The van der Waals surface area contributed by atoms with Crippen molar-refractivity contribution in [3.8, 4) is 5.75 Å². The summed E-state index contributed by atoms with van der Waals surface area (Å²) in [5, 5.41) is 3.00. The number of carbonyl (C=O) groups excluding carboxylic acids is 1. The van der Waals surface area contributed by atoms with E-state index in [4.69, 9.17) is 4.74 Å². The van der Waals surface area contributed by atoms with Crippen molar-refractivity contribution in [1.82, 2.24) is 16.2 Å². The van der Waals surface area contributed by atoms with Crippen LogP contribution >= 0.6 is 0 Å². The molecule has 0 aliphatic carbocycles. The van der Waals surface area contributed by atoms with Crippen molar-refractivity contribution in [3.63, 3.8) is 0 Å². The predicted molar refractivity (Wildman–Crippen MR) is 91.2 cm³/mol. The van der Waals surface area contributed by atoms with Gasteiger partial charge in [-0.05, 0) is 30.7 Å². The summed E-state index contributed by atoms with van der Waals surface area (Å²) >= 11 is 0. The number of fused-ring (bicyclic) bond motifs is 3. The number of para-hydroxylation sites is 1. The van der Waals surface area contributed by atoms with Crippen molar-refractivity contribution >= 4 is 5.91 Å². The maximum Gasteiger partial charge on any atom is 0.239 e. The summed E-state index contributed by atoms with van der Waals surface area (Å²) in [5.74, 6) is 0.485. The minimum absolute atomic E-state index is 0.00955. The number of ether oxygens (including phenoxy) is 1. The van der Waals surface area contributed by atoms with Gasteiger partial charge < -0.3 is 10.1 Å². The van der Waals surface area contributed by atoms with E-state index in [0.29, 0.717) is 6.61 Å². The lowest BCUT2D eigenvalue weighted by Gasteiger charge is -2.29. The van der Waals surface area contributed by atoms with Gasteiger partial charge in [-0.2, -0.15) is 0 Å². The van der Waals surface area contributed by atoms with Gasteiger partial charge in [0.1, 0.15) is 17.6 Å². The van der Waals surface area contributed by atoms with Crippen molar-refractivity contribution in [2.75, 3.05) is 6.61 Å². The third kappa shape index (κ3) is 2.99. The molecular formula is C19H20FN3O2. The molecule has 0 aromatic heterocycles. The van der Waals surface area contributed by atoms with Crippen molar-refractivity contribution < 1.29 is 13.9 Å². The van der Waals surface area contributed by atoms with Crippen LogP contribution in [0, 0.1) is 11.7 Å². The first-order valence-corrected chi connectivity index (χ1v) is 8.42. The molecule has 2 aliphatic rings. The van der Waals surface area contributed by atoms with E-state index in [1.807, 2.05) is 31.2 Å². The summed E-state index contributed by atoms with van der Waals surface area (Å²) in [5.41, 5.74) is 8.26. The SMILES string of the molecule is CC(NC(=O)C1NNC2c3ccccc3OCC12)c1ccc(F)cc1. The Morgan fingerprint density at radius 3 is 2.76 bits per heavy atom. The highest BCUT2D eigenvalue weighted by atomic mass is 19.1. The molecule has 3 N–H and O–H groups in total. The molecule has 0 saturated carbocycles. The topological polar surface area (TPSA) is 62.4 Å². The Kier molecular flexibility index (Phi) is 4.15. The lowest BCUT2D eigenvalue weighted by molar-refractivity contribution is -0.124. The highest BCUT2D eigenvalue weighted by Gasteiger charge is 2.44. The molecule has 5 nitrogen and oxygen atoms in total. The number of halogens is 1. The molecule has 4 rings (SSSR count). The monoisotopic (exact) mass is 341 g/mol. The second-order valence-corrected chi connectivity index (χ2v) is 6.54. The Morgan fingerprint density at radius 2 is 1.96 bits per heavy atom. The maximum atomic E-state index is 13.0. The molecule has 4 atom stereocenters. The fraction of sp³-hybridized carbons (Fsp3) is 0.316. The summed E-state index contributed by atoms with van der Waals surface area (Å²) in [7, 11) is 0. The minimum atomic E-state index is -0.388. The van der Waals surface area contributed by atoms with E-state index < -0.39 is 0 Å². The number of hydrogen-bond donors (Lipinski definition) is 3. The van der Waals surface area contributed by atoms with Crippen molar-refractivity contribution in [2.24, 2.45) is 5.92 Å². The van der Waals surface area contributed by atoms with E-state index in [1.54, 1.807) is 12.1 Å². The highest BCUT2D eigenvalue weighted by molar-refractivity contribution is 5.83. The Morgan fingerprint density at radius 1 is 1.20 bits per heavy atom. The fourth-order valence-corrected chi connectivity index (χ4v) is 3.54. The fourth-order valence-electron chi connectivity index (χ4n) is 3.54. The van der Waals surface area contributed by atoms with Crippen LogP contribution in [0.3, 0.4) is 0 Å². The summed E-state index contributed by atoms with van der Waals surface area (Å²) in [6.45, 7) is 2.36. The molecule has 2 aliphatic heterocycles. The molecule has 0 radical (unpaired) electrons. The molecule has 2 aromatic carbocycles. The van der Waals surface area contributed by atoms with Gasteiger partial charge in [-0.3, -0.25) is 4.79 Å². The largest absolute Gasteiger partial charge is 0.493 e. The Labute approximate surface area is 145 Å². The average molecular weight is 341 g/mol. The number of hydrogen-bond acceptors (Lipinski definition) is 4. The zero-order valence-corrected chi connectivity index (χ0v) is 13.8. The third-order valence-electron chi connectivity index (χ3n) is 4.95. The Bertz CT molecular complexity index is 780. The molecule has 1 saturated heterocycles. The smallest absolute Gasteiger partial charge is 0.239 e.